The summed E-state index contributed by atoms with van der Waals surface area (Å²) in [5, 5.41) is 8.50. The van der Waals surface area contributed by atoms with Crippen LogP contribution >= 0.6 is 11.3 Å². The van der Waals surface area contributed by atoms with E-state index >= 15 is 0 Å². The Balaban J connectivity index is 2.41. The van der Waals surface area contributed by atoms with Crippen molar-refractivity contribution in [3.05, 3.63) is 20.8 Å². The van der Waals surface area contributed by atoms with E-state index < -0.39 is 0 Å². The van der Waals surface area contributed by atoms with Crippen LogP contribution in [0.3, 0.4) is 0 Å². The van der Waals surface area contributed by atoms with Crippen LogP contribution in [0.25, 0.3) is 10.2 Å². The summed E-state index contributed by atoms with van der Waals surface area (Å²) in [5.74, 6) is -0.115. The second-order valence-corrected chi connectivity index (χ2v) is 5.78. The molecule has 0 saturated heterocycles. The van der Waals surface area contributed by atoms with Gasteiger partial charge in [0, 0.05) is 18.0 Å². The van der Waals surface area contributed by atoms with Crippen LogP contribution in [0.1, 0.15) is 24.3 Å². The minimum Gasteiger partial charge on any atom is -0.342 e. The summed E-state index contributed by atoms with van der Waals surface area (Å²) in [6.07, 6.45) is 0. The Morgan fingerprint density at radius 1 is 1.30 bits per heavy atom. The summed E-state index contributed by atoms with van der Waals surface area (Å²) < 4.78 is 1.15. The monoisotopic (exact) mass is 294 g/mol. The van der Waals surface area contributed by atoms with E-state index in [1.807, 2.05) is 27.7 Å². The number of likely N-dealkylation sites (N-methyl/N-ethyl adjacent to an activating group) is 1. The predicted molar refractivity (Wildman–Crippen MR) is 79.1 cm³/mol. The third-order valence-electron chi connectivity index (χ3n) is 3.46. The van der Waals surface area contributed by atoms with E-state index in [1.165, 1.54) is 11.3 Å². The number of nitrogens with zero attached hydrogens (tertiary/aromatic N) is 4. The summed E-state index contributed by atoms with van der Waals surface area (Å²) in [6.45, 7) is 8.85. The Hall–Kier alpha value is -1.76. The van der Waals surface area contributed by atoms with E-state index in [9.17, 15) is 9.59 Å². The number of amides is 1. The van der Waals surface area contributed by atoms with Crippen LogP contribution in [0, 0.1) is 13.8 Å². The Bertz CT molecular complexity index is 700. The number of carbonyl (C=O) groups excluding carboxylic acids is 1. The molecule has 1 amide bonds. The number of rotatable bonds is 4. The fourth-order valence-electron chi connectivity index (χ4n) is 2.10. The van der Waals surface area contributed by atoms with Crippen LogP contribution in [-0.2, 0) is 11.3 Å². The van der Waals surface area contributed by atoms with Gasteiger partial charge in [-0.2, -0.15) is 0 Å². The highest BCUT2D eigenvalue weighted by molar-refractivity contribution is 7.18. The topological polar surface area (TPSA) is 68.1 Å². The molecule has 7 heteroatoms. The van der Waals surface area contributed by atoms with E-state index in [4.69, 9.17) is 0 Å². The smallest absolute Gasteiger partial charge is 0.279 e. The van der Waals surface area contributed by atoms with Gasteiger partial charge in [-0.3, -0.25) is 9.59 Å². The first kappa shape index (κ1) is 14.6. The number of aromatic nitrogens is 3. The Morgan fingerprint density at radius 3 is 2.55 bits per heavy atom. The summed E-state index contributed by atoms with van der Waals surface area (Å²) >= 11 is 1.45. The summed E-state index contributed by atoms with van der Waals surface area (Å²) in [5.41, 5.74) is 0.686. The molecular weight excluding hydrogens is 276 g/mol. The molecule has 2 heterocycles. The quantitative estimate of drug-likeness (QED) is 0.853. The van der Waals surface area contributed by atoms with Crippen LogP contribution in [0.5, 0.6) is 0 Å². The molecule has 0 atom stereocenters. The van der Waals surface area contributed by atoms with Gasteiger partial charge >= 0.3 is 0 Å². The zero-order chi connectivity index (χ0) is 14.9. The zero-order valence-corrected chi connectivity index (χ0v) is 13.0. The van der Waals surface area contributed by atoms with E-state index in [-0.39, 0.29) is 18.0 Å². The third kappa shape index (κ3) is 2.45. The molecule has 2 rings (SSSR count). The third-order valence-corrected chi connectivity index (χ3v) is 4.55. The van der Waals surface area contributed by atoms with Crippen LogP contribution < -0.4 is 5.56 Å². The average molecular weight is 294 g/mol. The first-order valence-electron chi connectivity index (χ1n) is 6.60. The molecule has 0 fully saturated rings. The lowest BCUT2D eigenvalue weighted by atomic mass is 10.2. The first-order chi connectivity index (χ1) is 9.49. The summed E-state index contributed by atoms with van der Waals surface area (Å²) in [6, 6.07) is 0. The van der Waals surface area contributed by atoms with Gasteiger partial charge in [0.15, 0.2) is 4.83 Å². The molecule has 0 aliphatic carbocycles. The van der Waals surface area contributed by atoms with Crippen LogP contribution in [0.2, 0.25) is 0 Å². The van der Waals surface area contributed by atoms with Gasteiger partial charge in [-0.05, 0) is 33.3 Å². The number of carbonyl (C=O) groups is 1. The van der Waals surface area contributed by atoms with Gasteiger partial charge in [0.2, 0.25) is 5.91 Å². The van der Waals surface area contributed by atoms with Crippen molar-refractivity contribution in [2.45, 2.75) is 34.2 Å². The van der Waals surface area contributed by atoms with Gasteiger partial charge in [0.1, 0.15) is 6.54 Å². The van der Waals surface area contributed by atoms with Crippen molar-refractivity contribution in [2.24, 2.45) is 0 Å². The average Bonchev–Trinajstić information content (AvgIpc) is 2.71. The van der Waals surface area contributed by atoms with Crippen molar-refractivity contribution < 1.29 is 4.79 Å². The molecule has 0 radical (unpaired) electrons. The maximum absolute atomic E-state index is 12.4. The molecule has 0 saturated carbocycles. The van der Waals surface area contributed by atoms with E-state index in [2.05, 4.69) is 10.3 Å². The van der Waals surface area contributed by atoms with Gasteiger partial charge < -0.3 is 4.90 Å². The summed E-state index contributed by atoms with van der Waals surface area (Å²) in [7, 11) is 0. The lowest BCUT2D eigenvalue weighted by Gasteiger charge is -2.18. The molecule has 2 aromatic heterocycles. The molecule has 6 nitrogen and oxygen atoms in total. The Labute approximate surface area is 121 Å². The molecule has 0 spiro atoms. The normalized spacial score (nSPS) is 11.0. The van der Waals surface area contributed by atoms with Crippen LogP contribution in [0.4, 0.5) is 0 Å². The first-order valence-corrected chi connectivity index (χ1v) is 7.42. The van der Waals surface area contributed by atoms with Crippen LogP contribution in [-0.4, -0.2) is 38.9 Å². The second-order valence-electron chi connectivity index (χ2n) is 4.58. The molecule has 108 valence electrons. The van der Waals surface area contributed by atoms with Crippen molar-refractivity contribution in [1.29, 1.82) is 0 Å². The molecule has 2 aromatic rings. The lowest BCUT2D eigenvalue weighted by Crippen LogP contribution is -2.37. The van der Waals surface area contributed by atoms with Gasteiger partial charge in [-0.1, -0.05) is 5.21 Å². The highest BCUT2D eigenvalue weighted by Crippen LogP contribution is 2.24. The molecule has 0 unspecified atom stereocenters. The van der Waals surface area contributed by atoms with Gasteiger partial charge in [0.05, 0.1) is 5.39 Å². The van der Waals surface area contributed by atoms with Crippen molar-refractivity contribution in [3.8, 4) is 0 Å². The maximum Gasteiger partial charge on any atom is 0.279 e. The largest absolute Gasteiger partial charge is 0.342 e. The molecule has 20 heavy (non-hydrogen) atoms. The fraction of sp³-hybridized carbons (Fsp3) is 0.538. The van der Waals surface area contributed by atoms with Gasteiger partial charge in [-0.25, -0.2) is 4.68 Å². The minimum atomic E-state index is -0.239. The number of hydrogen-bond donors (Lipinski definition) is 0. The molecule has 0 aromatic carbocycles. The molecule has 0 N–H and O–H groups in total. The maximum atomic E-state index is 12.4. The molecule has 0 aliphatic rings. The highest BCUT2D eigenvalue weighted by atomic mass is 32.1. The van der Waals surface area contributed by atoms with Crippen molar-refractivity contribution in [1.82, 2.24) is 19.9 Å². The molecular formula is C13H18N4O2S. The predicted octanol–water partition coefficient (Wildman–Crippen LogP) is 1.34. The standard InChI is InChI=1S/C13H18N4O2S/c1-5-16(6-2)10(18)7-17-13(19)11-8(3)9(4)20-12(11)14-15-17/h5-7H2,1-4H3. The lowest BCUT2D eigenvalue weighted by molar-refractivity contribution is -0.131. The number of aryl methyl sites for hydroxylation is 2. The van der Waals surface area contributed by atoms with Gasteiger partial charge in [-0.15, -0.1) is 16.4 Å². The molecule has 0 aliphatic heterocycles. The van der Waals surface area contributed by atoms with E-state index in [0.717, 1.165) is 15.1 Å². The van der Waals surface area contributed by atoms with Crippen LogP contribution in [0.15, 0.2) is 4.79 Å². The fourth-order valence-corrected chi connectivity index (χ4v) is 3.07. The van der Waals surface area contributed by atoms with Gasteiger partial charge in [0.25, 0.3) is 5.56 Å². The highest BCUT2D eigenvalue weighted by Gasteiger charge is 2.16. The Morgan fingerprint density at radius 2 is 1.95 bits per heavy atom. The number of fused-ring (bicyclic) bond motifs is 1. The minimum absolute atomic E-state index is 0.0578. The van der Waals surface area contributed by atoms with E-state index in [1.54, 1.807) is 4.90 Å². The summed E-state index contributed by atoms with van der Waals surface area (Å²) in [4.78, 5) is 27.8. The Kier molecular flexibility index (Phi) is 4.17. The van der Waals surface area contributed by atoms with Crippen molar-refractivity contribution in [3.63, 3.8) is 0 Å². The van der Waals surface area contributed by atoms with E-state index in [0.29, 0.717) is 23.3 Å². The van der Waals surface area contributed by atoms with Crippen molar-refractivity contribution >= 4 is 27.5 Å². The molecule has 0 bridgehead atoms. The second kappa shape index (κ2) is 5.70. The number of hydrogen-bond acceptors (Lipinski definition) is 5. The zero-order valence-electron chi connectivity index (χ0n) is 12.1. The SMILES string of the molecule is CCN(CC)C(=O)Cn1nnc2sc(C)c(C)c2c1=O. The number of thiophene rings is 1. The van der Waals surface area contributed by atoms with Crippen molar-refractivity contribution in [2.75, 3.05) is 13.1 Å².